The maximum atomic E-state index is 12.3. The number of amides is 1. The first kappa shape index (κ1) is 13.5. The molecule has 1 atom stereocenters. The van der Waals surface area contributed by atoms with E-state index < -0.39 is 0 Å². The van der Waals surface area contributed by atoms with Gasteiger partial charge in [-0.25, -0.2) is 4.98 Å². The minimum Gasteiger partial charge on any atom is -0.338 e. The van der Waals surface area contributed by atoms with E-state index in [-0.39, 0.29) is 11.3 Å². The number of rotatable bonds is 1. The monoisotopic (exact) mass is 310 g/mol. The highest BCUT2D eigenvalue weighted by Gasteiger charge is 2.34. The number of aromatic nitrogens is 1. The van der Waals surface area contributed by atoms with E-state index in [1.165, 1.54) is 0 Å². The van der Waals surface area contributed by atoms with Crippen LogP contribution in [0.1, 0.15) is 37.6 Å². The Hall–Kier alpha value is -0.900. The fraction of sp³-hybridized carbons (Fsp3) is 0.571. The first-order valence-corrected chi connectivity index (χ1v) is 7.08. The number of hydrogen-bond donors (Lipinski definition) is 0. The van der Waals surface area contributed by atoms with Crippen LogP contribution in [-0.2, 0) is 0 Å². The van der Waals surface area contributed by atoms with Gasteiger partial charge in [-0.15, -0.1) is 0 Å². The number of nitrogens with zero attached hydrogens (tertiary/aromatic N) is 2. The molecular weight excluding hydrogens is 292 g/mol. The van der Waals surface area contributed by atoms with E-state index in [0.717, 1.165) is 19.5 Å². The van der Waals surface area contributed by atoms with E-state index in [4.69, 9.17) is 0 Å². The van der Waals surface area contributed by atoms with Gasteiger partial charge in [-0.3, -0.25) is 4.79 Å². The van der Waals surface area contributed by atoms with E-state index >= 15 is 0 Å². The zero-order valence-corrected chi connectivity index (χ0v) is 12.7. The average Bonchev–Trinajstić information content (AvgIpc) is 2.77. The van der Waals surface area contributed by atoms with Gasteiger partial charge < -0.3 is 4.90 Å². The molecule has 1 saturated heterocycles. The Labute approximate surface area is 117 Å². The van der Waals surface area contributed by atoms with Gasteiger partial charge in [-0.2, -0.15) is 0 Å². The van der Waals surface area contributed by atoms with Crippen LogP contribution in [0.2, 0.25) is 0 Å². The molecule has 0 aliphatic carbocycles. The van der Waals surface area contributed by atoms with Crippen molar-refractivity contribution >= 4 is 21.8 Å². The third-order valence-electron chi connectivity index (χ3n) is 3.67. The summed E-state index contributed by atoms with van der Waals surface area (Å²) in [6.45, 7) is 8.46. The van der Waals surface area contributed by atoms with Crippen LogP contribution in [0.4, 0.5) is 0 Å². The van der Waals surface area contributed by atoms with Crippen LogP contribution in [-0.4, -0.2) is 28.9 Å². The molecule has 98 valence electrons. The molecule has 18 heavy (non-hydrogen) atoms. The van der Waals surface area contributed by atoms with Gasteiger partial charge in [0.1, 0.15) is 4.60 Å². The molecule has 2 heterocycles. The standard InChI is InChI=1S/C14H19BrN2O/c1-14(2,3)11-5-7-17(9-11)13(18)10-4-6-16-12(15)8-10/h4,6,8,11H,5,7,9H2,1-3H3. The maximum absolute atomic E-state index is 12.3. The van der Waals surface area contributed by atoms with Crippen molar-refractivity contribution in [2.45, 2.75) is 27.2 Å². The third-order valence-corrected chi connectivity index (χ3v) is 4.11. The SMILES string of the molecule is CC(C)(C)C1CCN(C(=O)c2ccnc(Br)c2)C1. The van der Waals surface area contributed by atoms with Crippen LogP contribution < -0.4 is 0 Å². The summed E-state index contributed by atoms with van der Waals surface area (Å²) in [6, 6.07) is 3.56. The molecule has 1 aliphatic rings. The van der Waals surface area contributed by atoms with Crippen molar-refractivity contribution in [3.63, 3.8) is 0 Å². The van der Waals surface area contributed by atoms with Crippen molar-refractivity contribution in [2.75, 3.05) is 13.1 Å². The van der Waals surface area contributed by atoms with Gasteiger partial charge >= 0.3 is 0 Å². The largest absolute Gasteiger partial charge is 0.338 e. The van der Waals surface area contributed by atoms with Gasteiger partial charge in [-0.05, 0) is 45.8 Å². The topological polar surface area (TPSA) is 33.2 Å². The zero-order valence-electron chi connectivity index (χ0n) is 11.1. The van der Waals surface area contributed by atoms with Crippen molar-refractivity contribution in [3.8, 4) is 0 Å². The number of carbonyl (C=O) groups is 1. The molecule has 3 nitrogen and oxygen atoms in total. The molecule has 4 heteroatoms. The molecule has 1 unspecified atom stereocenters. The highest BCUT2D eigenvalue weighted by Crippen LogP contribution is 2.34. The van der Waals surface area contributed by atoms with Crippen molar-refractivity contribution in [1.29, 1.82) is 0 Å². The van der Waals surface area contributed by atoms with E-state index in [1.54, 1.807) is 18.3 Å². The van der Waals surface area contributed by atoms with Gasteiger partial charge in [-0.1, -0.05) is 20.8 Å². The van der Waals surface area contributed by atoms with E-state index in [1.807, 2.05) is 4.90 Å². The third kappa shape index (κ3) is 2.91. The summed E-state index contributed by atoms with van der Waals surface area (Å²) in [4.78, 5) is 18.4. The first-order chi connectivity index (χ1) is 8.38. The number of likely N-dealkylation sites (tertiary alicyclic amines) is 1. The molecule has 0 spiro atoms. The lowest BCUT2D eigenvalue weighted by molar-refractivity contribution is 0.0776. The zero-order chi connectivity index (χ0) is 13.3. The van der Waals surface area contributed by atoms with Crippen molar-refractivity contribution in [2.24, 2.45) is 11.3 Å². The summed E-state index contributed by atoms with van der Waals surface area (Å²) < 4.78 is 0.708. The summed E-state index contributed by atoms with van der Waals surface area (Å²) in [5, 5.41) is 0. The van der Waals surface area contributed by atoms with Crippen LogP contribution >= 0.6 is 15.9 Å². The van der Waals surface area contributed by atoms with Crippen LogP contribution in [0, 0.1) is 11.3 Å². The Morgan fingerprint density at radius 1 is 1.50 bits per heavy atom. The molecule has 1 aromatic heterocycles. The van der Waals surface area contributed by atoms with Crippen molar-refractivity contribution < 1.29 is 4.79 Å². The fourth-order valence-corrected chi connectivity index (χ4v) is 2.73. The number of hydrogen-bond acceptors (Lipinski definition) is 2. The predicted octanol–water partition coefficient (Wildman–Crippen LogP) is 3.35. The van der Waals surface area contributed by atoms with Gasteiger partial charge in [0, 0.05) is 24.8 Å². The summed E-state index contributed by atoms with van der Waals surface area (Å²) in [6.07, 6.45) is 2.76. The van der Waals surface area contributed by atoms with Gasteiger partial charge in [0.25, 0.3) is 5.91 Å². The molecule has 2 rings (SSSR count). The molecule has 0 bridgehead atoms. The lowest BCUT2D eigenvalue weighted by Gasteiger charge is -2.27. The summed E-state index contributed by atoms with van der Waals surface area (Å²) >= 11 is 3.30. The van der Waals surface area contributed by atoms with Crippen molar-refractivity contribution in [1.82, 2.24) is 9.88 Å². The molecular formula is C14H19BrN2O. The molecule has 1 aliphatic heterocycles. The van der Waals surface area contributed by atoms with Gasteiger partial charge in [0.2, 0.25) is 0 Å². The Balaban J connectivity index is 2.08. The predicted molar refractivity (Wildman–Crippen MR) is 75.4 cm³/mol. The van der Waals surface area contributed by atoms with E-state index in [0.29, 0.717) is 16.1 Å². The summed E-state index contributed by atoms with van der Waals surface area (Å²) in [7, 11) is 0. The Bertz CT molecular complexity index is 453. The molecule has 0 aromatic carbocycles. The van der Waals surface area contributed by atoms with Crippen LogP contribution in [0.5, 0.6) is 0 Å². The first-order valence-electron chi connectivity index (χ1n) is 6.29. The van der Waals surface area contributed by atoms with E-state index in [9.17, 15) is 4.79 Å². The molecule has 1 aromatic rings. The molecule has 0 N–H and O–H groups in total. The second kappa shape index (κ2) is 5.00. The average molecular weight is 311 g/mol. The number of halogens is 1. The smallest absolute Gasteiger partial charge is 0.254 e. The second-order valence-corrected chi connectivity index (χ2v) is 6.78. The minimum absolute atomic E-state index is 0.116. The second-order valence-electron chi connectivity index (χ2n) is 5.97. The Morgan fingerprint density at radius 2 is 2.22 bits per heavy atom. The number of carbonyl (C=O) groups excluding carboxylic acids is 1. The Morgan fingerprint density at radius 3 is 2.78 bits per heavy atom. The maximum Gasteiger partial charge on any atom is 0.254 e. The fourth-order valence-electron chi connectivity index (χ4n) is 2.37. The summed E-state index contributed by atoms with van der Waals surface area (Å²) in [5.41, 5.74) is 0.986. The number of pyridine rings is 1. The summed E-state index contributed by atoms with van der Waals surface area (Å²) in [5.74, 6) is 0.705. The molecule has 1 fully saturated rings. The quantitative estimate of drug-likeness (QED) is 0.745. The van der Waals surface area contributed by atoms with Crippen LogP contribution in [0.3, 0.4) is 0 Å². The van der Waals surface area contributed by atoms with Gasteiger partial charge in [0.15, 0.2) is 0 Å². The normalized spacial score (nSPS) is 20.2. The van der Waals surface area contributed by atoms with E-state index in [2.05, 4.69) is 41.7 Å². The van der Waals surface area contributed by atoms with Gasteiger partial charge in [0.05, 0.1) is 0 Å². The highest BCUT2D eigenvalue weighted by atomic mass is 79.9. The lowest BCUT2D eigenvalue weighted by Crippen LogP contribution is -2.31. The van der Waals surface area contributed by atoms with Crippen molar-refractivity contribution in [3.05, 3.63) is 28.5 Å². The highest BCUT2D eigenvalue weighted by molar-refractivity contribution is 9.10. The molecule has 1 amide bonds. The van der Waals surface area contributed by atoms with Crippen LogP contribution in [0.15, 0.2) is 22.9 Å². The molecule has 0 radical (unpaired) electrons. The molecule has 0 saturated carbocycles. The Kier molecular flexibility index (Phi) is 3.76. The lowest BCUT2D eigenvalue weighted by atomic mass is 9.80. The minimum atomic E-state index is 0.116. The van der Waals surface area contributed by atoms with Crippen LogP contribution in [0.25, 0.3) is 0 Å².